The van der Waals surface area contributed by atoms with E-state index in [2.05, 4.69) is 16.0 Å². The van der Waals surface area contributed by atoms with Gasteiger partial charge in [-0.1, -0.05) is 74.1 Å². The molecule has 1 unspecified atom stereocenters. The number of carbonyl (C=O) groups excluding carboxylic acids is 5. The molecule has 3 aliphatic carbocycles. The molecule has 254 valence electrons. The van der Waals surface area contributed by atoms with Crippen LogP contribution >= 0.6 is 0 Å². The van der Waals surface area contributed by atoms with Crippen molar-refractivity contribution in [3.63, 3.8) is 0 Å². The first-order chi connectivity index (χ1) is 20.7. The van der Waals surface area contributed by atoms with Crippen LogP contribution in [0.25, 0.3) is 0 Å². The third-order valence-electron chi connectivity index (χ3n) is 10.9. The van der Waals surface area contributed by atoms with Gasteiger partial charge in [0.2, 0.25) is 17.6 Å². The third kappa shape index (κ3) is 6.88. The Balaban J connectivity index is 1.56. The lowest BCUT2D eigenvalue weighted by atomic mass is 9.83. The van der Waals surface area contributed by atoms with Crippen LogP contribution in [0.3, 0.4) is 0 Å². The summed E-state index contributed by atoms with van der Waals surface area (Å²) in [6.45, 7) is 13.6. The van der Waals surface area contributed by atoms with Gasteiger partial charge in [0.05, 0.1) is 11.3 Å². The molecular weight excluding hydrogens is 598 g/mol. The summed E-state index contributed by atoms with van der Waals surface area (Å²) in [5, 5.41) is 8.67. The number of likely N-dealkylation sites (tertiary alicyclic amines) is 1. The summed E-state index contributed by atoms with van der Waals surface area (Å²) in [7, 11) is -3.39. The van der Waals surface area contributed by atoms with Gasteiger partial charge in [-0.15, -0.1) is 0 Å². The van der Waals surface area contributed by atoms with Crippen LogP contribution in [0.15, 0.2) is 0 Å². The molecule has 3 saturated carbocycles. The van der Waals surface area contributed by atoms with Gasteiger partial charge in [0.1, 0.15) is 17.6 Å². The minimum absolute atomic E-state index is 0.0452. The number of amides is 5. The first kappa shape index (κ1) is 35.2. The average molecular weight is 652 g/mol. The van der Waals surface area contributed by atoms with E-state index in [0.29, 0.717) is 38.6 Å². The molecule has 5 N–H and O–H groups in total. The van der Waals surface area contributed by atoms with Crippen LogP contribution in [-0.4, -0.2) is 84.1 Å². The molecule has 4 aliphatic rings. The van der Waals surface area contributed by atoms with E-state index in [1.165, 1.54) is 4.90 Å². The Labute approximate surface area is 267 Å². The molecule has 1 aliphatic heterocycles. The van der Waals surface area contributed by atoms with Crippen LogP contribution in [0.2, 0.25) is 0 Å². The summed E-state index contributed by atoms with van der Waals surface area (Å²) in [5.74, 6) is -3.24. The molecule has 0 spiro atoms. The van der Waals surface area contributed by atoms with Gasteiger partial charge in [-0.05, 0) is 54.3 Å². The first-order valence-electron chi connectivity index (χ1n) is 16.5. The number of ketones is 1. The predicted octanol–water partition coefficient (Wildman–Crippen LogP) is 2.05. The van der Waals surface area contributed by atoms with Gasteiger partial charge in [0, 0.05) is 12.3 Å². The second-order valence-electron chi connectivity index (χ2n) is 15.7. The highest BCUT2D eigenvalue weighted by Crippen LogP contribution is 2.65. The lowest BCUT2D eigenvalue weighted by molar-refractivity contribution is -0.145. The normalized spacial score (nSPS) is 30.4. The lowest BCUT2D eigenvalue weighted by Gasteiger charge is -2.40. The number of hydrogen-bond acceptors (Lipinski definition) is 7. The fraction of sp³-hybridized carbons (Fsp3) is 0.844. The zero-order valence-electron chi connectivity index (χ0n) is 28.0. The summed E-state index contributed by atoms with van der Waals surface area (Å²) < 4.78 is 25.7. The molecule has 1 saturated heterocycles. The zero-order valence-corrected chi connectivity index (χ0v) is 28.8. The maximum absolute atomic E-state index is 14.3. The van der Waals surface area contributed by atoms with Gasteiger partial charge in [0.25, 0.3) is 5.91 Å². The molecule has 0 bridgehead atoms. The van der Waals surface area contributed by atoms with Gasteiger partial charge in [-0.3, -0.25) is 19.2 Å². The molecule has 1 heterocycles. The molecule has 13 heteroatoms. The Kier molecular flexibility index (Phi) is 9.49. The van der Waals surface area contributed by atoms with Crippen molar-refractivity contribution < 1.29 is 32.4 Å². The number of fused-ring (bicyclic) bond motifs is 1. The molecule has 4 rings (SSSR count). The van der Waals surface area contributed by atoms with E-state index in [9.17, 15) is 32.4 Å². The number of Topliss-reactive ketones (excluding diaryl/α,β-unsaturated/α-hetero) is 1. The predicted molar refractivity (Wildman–Crippen MR) is 169 cm³/mol. The molecule has 0 aromatic rings. The number of rotatable bonds is 12. The Bertz CT molecular complexity index is 1330. The maximum atomic E-state index is 14.3. The minimum Gasteiger partial charge on any atom is -0.363 e. The highest BCUT2D eigenvalue weighted by atomic mass is 32.2. The Morgan fingerprint density at radius 2 is 1.62 bits per heavy atom. The van der Waals surface area contributed by atoms with E-state index in [0.717, 1.165) is 19.3 Å². The third-order valence-corrected chi connectivity index (χ3v) is 12.9. The molecule has 12 nitrogen and oxygen atoms in total. The van der Waals surface area contributed by atoms with Crippen LogP contribution in [0.1, 0.15) is 99.8 Å². The summed E-state index contributed by atoms with van der Waals surface area (Å²) in [4.78, 5) is 68.0. The molecule has 0 aromatic heterocycles. The molecule has 45 heavy (non-hydrogen) atoms. The van der Waals surface area contributed by atoms with Crippen LogP contribution in [0.5, 0.6) is 0 Å². The number of primary amides is 1. The van der Waals surface area contributed by atoms with Gasteiger partial charge >= 0.3 is 6.03 Å². The number of sulfone groups is 1. The number of urea groups is 1. The van der Waals surface area contributed by atoms with Gasteiger partial charge in [0.15, 0.2) is 9.84 Å². The van der Waals surface area contributed by atoms with Crippen molar-refractivity contribution in [2.24, 2.45) is 34.3 Å². The number of piperidine rings is 1. The van der Waals surface area contributed by atoms with Crippen molar-refractivity contribution in [1.82, 2.24) is 20.9 Å². The smallest absolute Gasteiger partial charge is 0.315 e. The zero-order chi connectivity index (χ0) is 33.8. The van der Waals surface area contributed by atoms with Crippen molar-refractivity contribution in [2.75, 3.05) is 18.1 Å². The van der Waals surface area contributed by atoms with Crippen molar-refractivity contribution in [2.45, 2.75) is 123 Å². The second-order valence-corrected chi connectivity index (χ2v) is 17.9. The lowest BCUT2D eigenvalue weighted by Crippen LogP contribution is -2.64. The largest absolute Gasteiger partial charge is 0.363 e. The number of nitrogens with one attached hydrogen (secondary N) is 3. The van der Waals surface area contributed by atoms with Crippen molar-refractivity contribution in [3.8, 4) is 0 Å². The summed E-state index contributed by atoms with van der Waals surface area (Å²) in [5.41, 5.74) is 2.12. The number of carbonyl (C=O) groups is 5. The number of nitrogens with zero attached hydrogens (tertiary/aromatic N) is 1. The fourth-order valence-corrected chi connectivity index (χ4v) is 10.2. The Morgan fingerprint density at radius 1 is 1.00 bits per heavy atom. The number of hydrogen-bond donors (Lipinski definition) is 4. The summed E-state index contributed by atoms with van der Waals surface area (Å²) in [6, 6.07) is -2.52. The van der Waals surface area contributed by atoms with E-state index >= 15 is 0 Å². The van der Waals surface area contributed by atoms with E-state index in [1.54, 1.807) is 0 Å². The average Bonchev–Trinajstić information content (AvgIpc) is 3.68. The topological polar surface area (TPSA) is 185 Å². The van der Waals surface area contributed by atoms with Gasteiger partial charge < -0.3 is 26.6 Å². The Hall–Kier alpha value is -2.70. The molecule has 0 aromatic carbocycles. The second kappa shape index (κ2) is 12.2. The molecule has 5 amide bonds. The van der Waals surface area contributed by atoms with Crippen LogP contribution in [-0.2, 0) is 29.0 Å². The van der Waals surface area contributed by atoms with E-state index in [-0.39, 0.29) is 34.7 Å². The molecule has 4 fully saturated rings. The first-order valence-corrected chi connectivity index (χ1v) is 18.3. The standard InChI is InChI=1S/C32H53N5O7S/c1-8-15-45(43,44)18-31(13-11-10-12-14-31)36-28(42)34-23(29(3,4)5)27(41)37-17-20-21(30(20,6)7)22(37)26(40)35-32(16-19(32)9-2)24(38)25(33)39/h19-23H,8-18H2,1-7H3,(H2,33,39)(H,35,40)(H2,34,36,42)/t19-,20-,21-,22-,23+,32?/m0/s1. The highest BCUT2D eigenvalue weighted by Gasteiger charge is 2.71. The highest BCUT2D eigenvalue weighted by molar-refractivity contribution is 7.91. The number of nitrogens with two attached hydrogens (primary N) is 1. The van der Waals surface area contributed by atoms with Crippen LogP contribution < -0.4 is 21.7 Å². The molecular formula is C32H53N5O7S. The summed E-state index contributed by atoms with van der Waals surface area (Å²) in [6.07, 6.45) is 5.02. The van der Waals surface area contributed by atoms with Gasteiger partial charge in [-0.25, -0.2) is 13.2 Å². The molecule has 0 radical (unpaired) electrons. The van der Waals surface area contributed by atoms with E-state index in [1.807, 2.05) is 48.5 Å². The van der Waals surface area contributed by atoms with E-state index in [4.69, 9.17) is 5.73 Å². The fourth-order valence-electron chi connectivity index (χ4n) is 8.20. The quantitative estimate of drug-likeness (QED) is 0.233. The molecule has 6 atom stereocenters. The van der Waals surface area contributed by atoms with E-state index < -0.39 is 67.9 Å². The monoisotopic (exact) mass is 651 g/mol. The van der Waals surface area contributed by atoms with Crippen LogP contribution in [0, 0.1) is 28.6 Å². The maximum Gasteiger partial charge on any atom is 0.315 e. The Morgan fingerprint density at radius 3 is 2.13 bits per heavy atom. The summed E-state index contributed by atoms with van der Waals surface area (Å²) >= 11 is 0. The van der Waals surface area contributed by atoms with Crippen LogP contribution in [0.4, 0.5) is 4.79 Å². The van der Waals surface area contributed by atoms with Crippen molar-refractivity contribution in [3.05, 3.63) is 0 Å². The van der Waals surface area contributed by atoms with Gasteiger partial charge in [-0.2, -0.15) is 0 Å². The minimum atomic E-state index is -3.39. The van der Waals surface area contributed by atoms with Crippen molar-refractivity contribution >= 4 is 39.4 Å². The van der Waals surface area contributed by atoms with Crippen molar-refractivity contribution in [1.29, 1.82) is 0 Å². The SMILES string of the molecule is CCCS(=O)(=O)CC1(NC(=O)N[C@H](C(=O)N2C[C@H]3[C@@H]([C@H]2C(=O)NC2(C(=O)C(N)=O)C[C@@H]2CC)C3(C)C)C(C)(C)C)CCCCC1.